The molecule has 0 radical (unpaired) electrons. The molecule has 0 bridgehead atoms. The van der Waals surface area contributed by atoms with Crippen LogP contribution in [0.1, 0.15) is 11.3 Å². The smallest absolute Gasteiger partial charge is 0.116 e. The fourth-order valence-electron chi connectivity index (χ4n) is 2.11. The zero-order valence-electron chi connectivity index (χ0n) is 8.27. The van der Waals surface area contributed by atoms with Crippen molar-refractivity contribution >= 4 is 10.8 Å². The molecule has 1 N–H and O–H groups in total. The maximum Gasteiger partial charge on any atom is 0.116 e. The Bertz CT molecular complexity index is 558. The number of hydrogen-bond donors (Lipinski definition) is 1. The Labute approximate surface area is 87.9 Å². The van der Waals surface area contributed by atoms with E-state index in [1.54, 1.807) is 12.1 Å². The van der Waals surface area contributed by atoms with Gasteiger partial charge in [-0.1, -0.05) is 18.2 Å². The Hall–Kier alpha value is -1.83. The van der Waals surface area contributed by atoms with Crippen molar-refractivity contribution in [1.29, 1.82) is 0 Å². The molecule has 2 nitrogen and oxygen atoms in total. The standard InChI is InChI=1S/C13H11NO/c15-10-5-6-11-9(7-10)8-14-13-4-2-1-3-12(11)13/h1-2,5-8,15H,3-4H2. The first-order valence-electron chi connectivity index (χ1n) is 5.09. The predicted molar refractivity (Wildman–Crippen MR) is 60.0 cm³/mol. The molecule has 2 aromatic rings. The zero-order valence-corrected chi connectivity index (χ0v) is 8.27. The number of hydrogen-bond acceptors (Lipinski definition) is 2. The highest BCUT2D eigenvalue weighted by Crippen LogP contribution is 2.26. The van der Waals surface area contributed by atoms with E-state index in [-0.39, 0.29) is 0 Å². The number of rotatable bonds is 0. The number of fused-ring (bicyclic) bond motifs is 3. The van der Waals surface area contributed by atoms with Crippen LogP contribution in [0.5, 0.6) is 5.75 Å². The van der Waals surface area contributed by atoms with E-state index in [4.69, 9.17) is 0 Å². The number of benzene rings is 1. The summed E-state index contributed by atoms with van der Waals surface area (Å²) < 4.78 is 0. The summed E-state index contributed by atoms with van der Waals surface area (Å²) in [4.78, 5) is 4.43. The molecule has 3 rings (SSSR count). The Morgan fingerprint density at radius 1 is 1.13 bits per heavy atom. The van der Waals surface area contributed by atoms with Gasteiger partial charge in [0.05, 0.1) is 0 Å². The average Bonchev–Trinajstić information content (AvgIpc) is 2.28. The number of phenols is 1. The van der Waals surface area contributed by atoms with Gasteiger partial charge in [0.25, 0.3) is 0 Å². The summed E-state index contributed by atoms with van der Waals surface area (Å²) in [6.45, 7) is 0. The van der Waals surface area contributed by atoms with Crippen molar-refractivity contribution in [2.45, 2.75) is 12.8 Å². The molecule has 1 aromatic heterocycles. The maximum absolute atomic E-state index is 9.39. The van der Waals surface area contributed by atoms with E-state index in [0.29, 0.717) is 5.75 Å². The molecule has 1 heterocycles. The molecule has 0 spiro atoms. The molecule has 0 saturated heterocycles. The van der Waals surface area contributed by atoms with Gasteiger partial charge < -0.3 is 5.11 Å². The van der Waals surface area contributed by atoms with Crippen LogP contribution in [0.4, 0.5) is 0 Å². The van der Waals surface area contributed by atoms with Crippen molar-refractivity contribution in [3.05, 3.63) is 47.8 Å². The summed E-state index contributed by atoms with van der Waals surface area (Å²) in [5, 5.41) is 11.6. The monoisotopic (exact) mass is 197 g/mol. The number of nitrogens with zero attached hydrogens (tertiary/aromatic N) is 1. The summed E-state index contributed by atoms with van der Waals surface area (Å²) in [7, 11) is 0. The molecule has 1 aliphatic carbocycles. The van der Waals surface area contributed by atoms with Gasteiger partial charge in [-0.3, -0.25) is 4.98 Å². The van der Waals surface area contributed by atoms with Crippen molar-refractivity contribution in [1.82, 2.24) is 4.98 Å². The van der Waals surface area contributed by atoms with Crippen molar-refractivity contribution in [2.75, 3.05) is 0 Å². The molecule has 0 unspecified atom stereocenters. The summed E-state index contributed by atoms with van der Waals surface area (Å²) in [5.74, 6) is 0.301. The zero-order chi connectivity index (χ0) is 10.3. The summed E-state index contributed by atoms with van der Waals surface area (Å²) in [6, 6.07) is 5.48. The van der Waals surface area contributed by atoms with Crippen molar-refractivity contribution < 1.29 is 5.11 Å². The van der Waals surface area contributed by atoms with Gasteiger partial charge in [-0.2, -0.15) is 0 Å². The van der Waals surface area contributed by atoms with Crippen LogP contribution in [-0.2, 0) is 12.8 Å². The third-order valence-corrected chi connectivity index (χ3v) is 2.87. The lowest BCUT2D eigenvalue weighted by Crippen LogP contribution is -2.01. The molecular formula is C13H11NO. The minimum Gasteiger partial charge on any atom is -0.508 e. The Morgan fingerprint density at radius 2 is 2.00 bits per heavy atom. The highest BCUT2D eigenvalue weighted by molar-refractivity contribution is 5.87. The number of phenolic OH excluding ortho intramolecular Hbond substituents is 1. The van der Waals surface area contributed by atoms with Crippen LogP contribution < -0.4 is 0 Å². The molecule has 1 aliphatic rings. The van der Waals surface area contributed by atoms with Crippen LogP contribution in [0, 0.1) is 0 Å². The van der Waals surface area contributed by atoms with Crippen LogP contribution in [0.2, 0.25) is 0 Å². The minimum absolute atomic E-state index is 0.301. The lowest BCUT2D eigenvalue weighted by atomic mass is 9.96. The van der Waals surface area contributed by atoms with Crippen LogP contribution in [0.25, 0.3) is 10.8 Å². The van der Waals surface area contributed by atoms with Gasteiger partial charge in [-0.15, -0.1) is 0 Å². The Kier molecular flexibility index (Phi) is 1.75. The normalized spacial score (nSPS) is 14.1. The molecular weight excluding hydrogens is 186 g/mol. The summed E-state index contributed by atoms with van der Waals surface area (Å²) in [6.07, 6.45) is 8.04. The van der Waals surface area contributed by atoms with Crippen LogP contribution in [-0.4, -0.2) is 10.1 Å². The first kappa shape index (κ1) is 8.48. The molecule has 0 saturated carbocycles. The first-order chi connectivity index (χ1) is 7.34. The van der Waals surface area contributed by atoms with E-state index in [2.05, 4.69) is 17.1 Å². The molecule has 0 amide bonds. The SMILES string of the molecule is Oc1ccc2c3c(ncc2c1)CC=CC3. The molecule has 2 heteroatoms. The quantitative estimate of drug-likeness (QED) is 0.658. The second-order valence-electron chi connectivity index (χ2n) is 3.83. The molecule has 74 valence electrons. The van der Waals surface area contributed by atoms with Crippen LogP contribution in [0.3, 0.4) is 0 Å². The van der Waals surface area contributed by atoms with Gasteiger partial charge in [-0.05, 0) is 29.5 Å². The molecule has 0 fully saturated rings. The number of allylic oxidation sites excluding steroid dienone is 2. The fraction of sp³-hybridized carbons (Fsp3) is 0.154. The van der Waals surface area contributed by atoms with E-state index >= 15 is 0 Å². The van der Waals surface area contributed by atoms with Gasteiger partial charge >= 0.3 is 0 Å². The number of aromatic nitrogens is 1. The number of pyridine rings is 1. The summed E-state index contributed by atoms with van der Waals surface area (Å²) in [5.41, 5.74) is 2.46. The Balaban J connectivity index is 2.34. The van der Waals surface area contributed by atoms with Gasteiger partial charge in [0.2, 0.25) is 0 Å². The van der Waals surface area contributed by atoms with Gasteiger partial charge in [-0.25, -0.2) is 0 Å². The molecule has 0 atom stereocenters. The van der Waals surface area contributed by atoms with E-state index in [0.717, 1.165) is 23.9 Å². The summed E-state index contributed by atoms with van der Waals surface area (Å²) >= 11 is 0. The fourth-order valence-corrected chi connectivity index (χ4v) is 2.11. The minimum atomic E-state index is 0.301. The third kappa shape index (κ3) is 1.30. The second kappa shape index (κ2) is 3.09. The van der Waals surface area contributed by atoms with Crippen molar-refractivity contribution in [3.8, 4) is 5.75 Å². The Morgan fingerprint density at radius 3 is 2.93 bits per heavy atom. The topological polar surface area (TPSA) is 33.1 Å². The highest BCUT2D eigenvalue weighted by Gasteiger charge is 2.10. The van der Waals surface area contributed by atoms with Gasteiger partial charge in [0.1, 0.15) is 5.75 Å². The second-order valence-corrected chi connectivity index (χ2v) is 3.83. The first-order valence-corrected chi connectivity index (χ1v) is 5.09. The third-order valence-electron chi connectivity index (χ3n) is 2.87. The predicted octanol–water partition coefficient (Wildman–Crippen LogP) is 2.60. The molecule has 0 aliphatic heterocycles. The maximum atomic E-state index is 9.39. The van der Waals surface area contributed by atoms with Crippen LogP contribution >= 0.6 is 0 Å². The van der Waals surface area contributed by atoms with E-state index in [1.165, 1.54) is 10.9 Å². The van der Waals surface area contributed by atoms with Crippen molar-refractivity contribution in [3.63, 3.8) is 0 Å². The van der Waals surface area contributed by atoms with Gasteiger partial charge in [0, 0.05) is 23.7 Å². The largest absolute Gasteiger partial charge is 0.508 e. The van der Waals surface area contributed by atoms with E-state index in [1.807, 2.05) is 12.3 Å². The lowest BCUT2D eigenvalue weighted by Gasteiger charge is -2.12. The highest BCUT2D eigenvalue weighted by atomic mass is 16.3. The van der Waals surface area contributed by atoms with E-state index in [9.17, 15) is 5.11 Å². The van der Waals surface area contributed by atoms with Crippen molar-refractivity contribution in [2.24, 2.45) is 0 Å². The molecule has 1 aromatic carbocycles. The van der Waals surface area contributed by atoms with Gasteiger partial charge in [0.15, 0.2) is 0 Å². The van der Waals surface area contributed by atoms with Crippen LogP contribution in [0.15, 0.2) is 36.5 Å². The number of aromatic hydroxyl groups is 1. The van der Waals surface area contributed by atoms with E-state index < -0.39 is 0 Å². The average molecular weight is 197 g/mol. The molecule has 15 heavy (non-hydrogen) atoms. The lowest BCUT2D eigenvalue weighted by molar-refractivity contribution is 0.476.